The third kappa shape index (κ3) is 2.82. The SMILES string of the molecule is CCc1ccc2c(c1)CCc1c-2cc(F)c(-c2cc(F)c(F)c(F)c2)c1F. The van der Waals surface area contributed by atoms with Crippen molar-refractivity contribution in [1.29, 1.82) is 0 Å². The fourth-order valence-electron chi connectivity index (χ4n) is 3.71. The Labute approximate surface area is 153 Å². The Morgan fingerprint density at radius 1 is 0.741 bits per heavy atom. The van der Waals surface area contributed by atoms with Gasteiger partial charge in [0.2, 0.25) is 0 Å². The zero-order chi connectivity index (χ0) is 19.3. The monoisotopic (exact) mass is 374 g/mol. The first-order valence-corrected chi connectivity index (χ1v) is 8.68. The first-order chi connectivity index (χ1) is 12.9. The van der Waals surface area contributed by atoms with Gasteiger partial charge >= 0.3 is 0 Å². The Balaban J connectivity index is 1.92. The van der Waals surface area contributed by atoms with Crippen LogP contribution in [0.15, 0.2) is 36.4 Å². The lowest BCUT2D eigenvalue weighted by atomic mass is 9.82. The van der Waals surface area contributed by atoms with Gasteiger partial charge in [0.05, 0.1) is 5.56 Å². The molecule has 0 radical (unpaired) electrons. The molecule has 0 bridgehead atoms. The summed E-state index contributed by atoms with van der Waals surface area (Å²) in [6.07, 6.45) is 1.80. The maximum absolute atomic E-state index is 15.1. The maximum Gasteiger partial charge on any atom is 0.194 e. The predicted octanol–water partition coefficient (Wildman–Crippen LogP) is 6.38. The van der Waals surface area contributed by atoms with Crippen molar-refractivity contribution in [2.24, 2.45) is 0 Å². The van der Waals surface area contributed by atoms with E-state index in [9.17, 15) is 17.6 Å². The van der Waals surface area contributed by atoms with Crippen molar-refractivity contribution in [3.05, 3.63) is 82.2 Å². The van der Waals surface area contributed by atoms with Gasteiger partial charge in [0.1, 0.15) is 11.6 Å². The van der Waals surface area contributed by atoms with Crippen LogP contribution >= 0.6 is 0 Å². The van der Waals surface area contributed by atoms with Gasteiger partial charge in [-0.1, -0.05) is 25.1 Å². The Morgan fingerprint density at radius 3 is 2.11 bits per heavy atom. The molecule has 138 valence electrons. The summed E-state index contributed by atoms with van der Waals surface area (Å²) in [5.41, 5.74) is 2.76. The highest BCUT2D eigenvalue weighted by atomic mass is 19.2. The number of rotatable bonds is 2. The Morgan fingerprint density at radius 2 is 1.44 bits per heavy atom. The summed E-state index contributed by atoms with van der Waals surface area (Å²) in [4.78, 5) is 0. The third-order valence-electron chi connectivity index (χ3n) is 5.10. The van der Waals surface area contributed by atoms with E-state index in [1.165, 1.54) is 6.07 Å². The molecule has 3 aromatic carbocycles. The first kappa shape index (κ1) is 17.7. The van der Waals surface area contributed by atoms with E-state index in [0.717, 1.165) is 23.1 Å². The van der Waals surface area contributed by atoms with Gasteiger partial charge in [-0.15, -0.1) is 0 Å². The van der Waals surface area contributed by atoms with Crippen LogP contribution in [-0.4, -0.2) is 0 Å². The van der Waals surface area contributed by atoms with E-state index in [1.807, 2.05) is 25.1 Å². The van der Waals surface area contributed by atoms with Crippen molar-refractivity contribution in [2.75, 3.05) is 0 Å². The van der Waals surface area contributed by atoms with Crippen LogP contribution in [0, 0.1) is 29.1 Å². The second-order valence-corrected chi connectivity index (χ2v) is 6.67. The summed E-state index contributed by atoms with van der Waals surface area (Å²) in [7, 11) is 0. The molecule has 1 aliphatic carbocycles. The first-order valence-electron chi connectivity index (χ1n) is 8.68. The van der Waals surface area contributed by atoms with Crippen molar-refractivity contribution in [2.45, 2.75) is 26.2 Å². The van der Waals surface area contributed by atoms with E-state index < -0.39 is 34.6 Å². The van der Waals surface area contributed by atoms with Crippen LogP contribution < -0.4 is 0 Å². The lowest BCUT2D eigenvalue weighted by Crippen LogP contribution is -2.09. The maximum atomic E-state index is 15.1. The third-order valence-corrected chi connectivity index (χ3v) is 5.10. The van der Waals surface area contributed by atoms with Crippen LogP contribution in [0.5, 0.6) is 0 Å². The van der Waals surface area contributed by atoms with Crippen molar-refractivity contribution < 1.29 is 22.0 Å². The molecule has 0 aliphatic heterocycles. The van der Waals surface area contributed by atoms with E-state index in [2.05, 4.69) is 0 Å². The van der Waals surface area contributed by atoms with Crippen molar-refractivity contribution in [1.82, 2.24) is 0 Å². The van der Waals surface area contributed by atoms with Crippen LogP contribution in [0.4, 0.5) is 22.0 Å². The molecule has 1 aliphatic rings. The fourth-order valence-corrected chi connectivity index (χ4v) is 3.71. The van der Waals surface area contributed by atoms with Gasteiger partial charge < -0.3 is 0 Å². The topological polar surface area (TPSA) is 0 Å². The molecular formula is C22H15F5. The molecular weight excluding hydrogens is 359 g/mol. The molecule has 0 spiro atoms. The summed E-state index contributed by atoms with van der Waals surface area (Å²) >= 11 is 0. The summed E-state index contributed by atoms with van der Waals surface area (Å²) in [6.45, 7) is 2.03. The molecule has 0 saturated carbocycles. The number of halogens is 5. The molecule has 3 aromatic rings. The molecule has 0 nitrogen and oxygen atoms in total. The zero-order valence-electron chi connectivity index (χ0n) is 14.5. The smallest absolute Gasteiger partial charge is 0.194 e. The van der Waals surface area contributed by atoms with Crippen LogP contribution in [-0.2, 0) is 19.3 Å². The molecule has 27 heavy (non-hydrogen) atoms. The van der Waals surface area contributed by atoms with Gasteiger partial charge in [0.15, 0.2) is 17.5 Å². The van der Waals surface area contributed by atoms with Gasteiger partial charge in [-0.2, -0.15) is 0 Å². The highest BCUT2D eigenvalue weighted by molar-refractivity contribution is 5.78. The fraction of sp³-hybridized carbons (Fsp3) is 0.182. The van der Waals surface area contributed by atoms with E-state index in [1.54, 1.807) is 0 Å². The molecule has 4 rings (SSSR count). The van der Waals surface area contributed by atoms with Crippen LogP contribution in [0.1, 0.15) is 23.6 Å². The lowest BCUT2D eigenvalue weighted by molar-refractivity contribution is 0.447. The molecule has 0 fully saturated rings. The van der Waals surface area contributed by atoms with E-state index in [4.69, 9.17) is 0 Å². The Kier molecular flexibility index (Phi) is 4.25. The minimum absolute atomic E-state index is 0.299. The summed E-state index contributed by atoms with van der Waals surface area (Å²) in [5.74, 6) is -6.44. The van der Waals surface area contributed by atoms with Gasteiger partial charge in [-0.3, -0.25) is 0 Å². The Bertz CT molecular complexity index is 1050. The summed E-state index contributed by atoms with van der Waals surface area (Å²) in [6, 6.07) is 8.21. The van der Waals surface area contributed by atoms with Crippen LogP contribution in [0.2, 0.25) is 0 Å². The number of aryl methyl sites for hydroxylation is 2. The molecule has 0 aromatic heterocycles. The van der Waals surface area contributed by atoms with E-state index in [0.29, 0.717) is 36.1 Å². The molecule has 0 atom stereocenters. The standard InChI is InChI=1S/C22H15F5/c1-2-11-3-5-14-12(7-11)4-6-15-16(14)10-17(23)20(21(15)26)13-8-18(24)22(27)19(25)9-13/h3,5,7-10H,2,4,6H2,1H3. The van der Waals surface area contributed by atoms with Gasteiger partial charge in [0.25, 0.3) is 0 Å². The quantitative estimate of drug-likeness (QED) is 0.361. The predicted molar refractivity (Wildman–Crippen MR) is 93.9 cm³/mol. The van der Waals surface area contributed by atoms with Gasteiger partial charge in [-0.25, -0.2) is 22.0 Å². The average Bonchev–Trinajstić information content (AvgIpc) is 2.65. The normalized spacial score (nSPS) is 12.7. The number of hydrogen-bond donors (Lipinski definition) is 0. The second kappa shape index (κ2) is 6.48. The molecule has 5 heteroatoms. The van der Waals surface area contributed by atoms with Gasteiger partial charge in [0, 0.05) is 0 Å². The van der Waals surface area contributed by atoms with Gasteiger partial charge in [-0.05, 0) is 70.8 Å². The average molecular weight is 374 g/mol. The highest BCUT2D eigenvalue weighted by Crippen LogP contribution is 2.40. The molecule has 0 N–H and O–H groups in total. The van der Waals surface area contributed by atoms with Crippen molar-refractivity contribution >= 4 is 0 Å². The van der Waals surface area contributed by atoms with Crippen LogP contribution in [0.25, 0.3) is 22.3 Å². The molecule has 0 amide bonds. The number of benzene rings is 3. The van der Waals surface area contributed by atoms with Crippen LogP contribution in [0.3, 0.4) is 0 Å². The summed E-state index contributed by atoms with van der Waals surface area (Å²) in [5, 5.41) is 0. The van der Waals surface area contributed by atoms with Crippen molar-refractivity contribution in [3.63, 3.8) is 0 Å². The number of hydrogen-bond acceptors (Lipinski definition) is 0. The largest absolute Gasteiger partial charge is 0.206 e. The Hall–Kier alpha value is -2.69. The molecule has 0 heterocycles. The molecule has 0 unspecified atom stereocenters. The minimum atomic E-state index is -1.67. The highest BCUT2D eigenvalue weighted by Gasteiger charge is 2.26. The van der Waals surface area contributed by atoms with Crippen molar-refractivity contribution in [3.8, 4) is 22.3 Å². The van der Waals surface area contributed by atoms with E-state index >= 15 is 4.39 Å². The van der Waals surface area contributed by atoms with E-state index in [-0.39, 0.29) is 5.56 Å². The second-order valence-electron chi connectivity index (χ2n) is 6.67. The number of fused-ring (bicyclic) bond motifs is 3. The summed E-state index contributed by atoms with van der Waals surface area (Å²) < 4.78 is 70.1. The molecule has 0 saturated heterocycles. The lowest BCUT2D eigenvalue weighted by Gasteiger charge is -2.23. The minimum Gasteiger partial charge on any atom is -0.206 e. The zero-order valence-corrected chi connectivity index (χ0v) is 14.5.